The normalized spacial score (nSPS) is 18.8. The highest BCUT2D eigenvalue weighted by atomic mass is 35.5. The van der Waals surface area contributed by atoms with E-state index in [0.29, 0.717) is 13.0 Å². The zero-order valence-corrected chi connectivity index (χ0v) is 11.5. The number of rotatable bonds is 4. The van der Waals surface area contributed by atoms with Gasteiger partial charge in [0.15, 0.2) is 0 Å². The third-order valence-corrected chi connectivity index (χ3v) is 4.24. The molecule has 1 saturated heterocycles. The molecule has 0 radical (unpaired) electrons. The summed E-state index contributed by atoms with van der Waals surface area (Å²) in [5.74, 6) is 0. The van der Waals surface area contributed by atoms with Crippen LogP contribution in [0.15, 0.2) is 29.2 Å². The first-order chi connectivity index (χ1) is 8.49. The van der Waals surface area contributed by atoms with Crippen molar-refractivity contribution >= 4 is 28.1 Å². The Kier molecular flexibility index (Phi) is 5.24. The molecule has 0 bridgehead atoms. The molecule has 2 rings (SSSR count). The van der Waals surface area contributed by atoms with Crippen LogP contribution in [0.5, 0.6) is 0 Å². The Morgan fingerprint density at radius 3 is 2.74 bits per heavy atom. The fraction of sp³-hybridized carbons (Fsp3) is 0.400. The summed E-state index contributed by atoms with van der Waals surface area (Å²) in [4.78, 5) is 9.91. The van der Waals surface area contributed by atoms with Gasteiger partial charge in [-0.05, 0) is 19.0 Å². The molecule has 0 aliphatic carbocycles. The number of non-ortho nitro benzene ring substituents is 1. The van der Waals surface area contributed by atoms with E-state index in [0.717, 1.165) is 12.6 Å². The molecule has 0 amide bonds. The standard InChI is InChI=1S/C10H13N3O4S.ClH/c14-13(15)9-2-1-3-10(6-9)18(16,17)12-8-4-5-11-7-8;/h1-3,6,8,11-12H,4-5,7H2;1H. The van der Waals surface area contributed by atoms with Gasteiger partial charge in [-0.3, -0.25) is 10.1 Å². The number of halogens is 1. The Balaban J connectivity index is 0.00000180. The molecule has 1 fully saturated rings. The number of nitro groups is 1. The summed E-state index contributed by atoms with van der Waals surface area (Å²) in [6.45, 7) is 1.34. The van der Waals surface area contributed by atoms with Crippen molar-refractivity contribution in [2.45, 2.75) is 17.4 Å². The number of hydrogen-bond acceptors (Lipinski definition) is 5. The second-order valence-corrected chi connectivity index (χ2v) is 5.78. The van der Waals surface area contributed by atoms with E-state index in [1.807, 2.05) is 0 Å². The average Bonchev–Trinajstić information content (AvgIpc) is 2.81. The SMILES string of the molecule is Cl.O=[N+]([O-])c1cccc(S(=O)(=O)NC2CCNC2)c1. The summed E-state index contributed by atoms with van der Waals surface area (Å²) in [7, 11) is -3.69. The van der Waals surface area contributed by atoms with Crippen LogP contribution in [-0.4, -0.2) is 32.5 Å². The van der Waals surface area contributed by atoms with Crippen molar-refractivity contribution in [3.05, 3.63) is 34.4 Å². The highest BCUT2D eigenvalue weighted by molar-refractivity contribution is 7.89. The van der Waals surface area contributed by atoms with Gasteiger partial charge in [0, 0.05) is 24.7 Å². The molecule has 1 aliphatic rings. The van der Waals surface area contributed by atoms with Gasteiger partial charge in [-0.2, -0.15) is 0 Å². The molecule has 0 spiro atoms. The van der Waals surface area contributed by atoms with Crippen LogP contribution in [0.3, 0.4) is 0 Å². The lowest BCUT2D eigenvalue weighted by Crippen LogP contribution is -2.36. The molecular weight excluding hydrogens is 294 g/mol. The lowest BCUT2D eigenvalue weighted by atomic mass is 10.3. The van der Waals surface area contributed by atoms with Gasteiger partial charge in [-0.1, -0.05) is 6.07 Å². The molecule has 9 heteroatoms. The summed E-state index contributed by atoms with van der Waals surface area (Å²) in [5.41, 5.74) is -0.234. The molecule has 19 heavy (non-hydrogen) atoms. The van der Waals surface area contributed by atoms with E-state index in [4.69, 9.17) is 0 Å². The van der Waals surface area contributed by atoms with Crippen molar-refractivity contribution in [2.24, 2.45) is 0 Å². The number of hydrogen-bond donors (Lipinski definition) is 2. The first-order valence-electron chi connectivity index (χ1n) is 5.46. The zero-order chi connectivity index (χ0) is 13.2. The van der Waals surface area contributed by atoms with Gasteiger partial charge in [-0.25, -0.2) is 13.1 Å². The van der Waals surface area contributed by atoms with Gasteiger partial charge in [0.05, 0.1) is 9.82 Å². The fourth-order valence-corrected chi connectivity index (χ4v) is 3.12. The van der Waals surface area contributed by atoms with Gasteiger partial charge >= 0.3 is 0 Å². The van der Waals surface area contributed by atoms with Crippen molar-refractivity contribution in [3.63, 3.8) is 0 Å². The first-order valence-corrected chi connectivity index (χ1v) is 6.95. The van der Waals surface area contributed by atoms with Crippen LogP contribution in [0.25, 0.3) is 0 Å². The number of benzene rings is 1. The quantitative estimate of drug-likeness (QED) is 0.628. The van der Waals surface area contributed by atoms with Crippen LogP contribution < -0.4 is 10.0 Å². The maximum absolute atomic E-state index is 12.0. The Hall–Kier alpha value is -1.22. The molecule has 1 aliphatic heterocycles. The van der Waals surface area contributed by atoms with Crippen LogP contribution in [0.2, 0.25) is 0 Å². The fourth-order valence-electron chi connectivity index (χ4n) is 1.81. The minimum absolute atomic E-state index is 0. The molecular formula is C10H14ClN3O4S. The van der Waals surface area contributed by atoms with E-state index in [1.165, 1.54) is 18.2 Å². The number of sulfonamides is 1. The van der Waals surface area contributed by atoms with Gasteiger partial charge in [-0.15, -0.1) is 12.4 Å². The van der Waals surface area contributed by atoms with Crippen LogP contribution in [-0.2, 0) is 10.0 Å². The van der Waals surface area contributed by atoms with E-state index < -0.39 is 14.9 Å². The second kappa shape index (κ2) is 6.29. The van der Waals surface area contributed by atoms with Crippen LogP contribution in [0.1, 0.15) is 6.42 Å². The van der Waals surface area contributed by atoms with Crippen LogP contribution in [0, 0.1) is 10.1 Å². The lowest BCUT2D eigenvalue weighted by molar-refractivity contribution is -0.385. The Bertz CT molecular complexity index is 558. The summed E-state index contributed by atoms with van der Waals surface area (Å²) < 4.78 is 26.5. The molecule has 1 heterocycles. The van der Waals surface area contributed by atoms with Gasteiger partial charge < -0.3 is 5.32 Å². The van der Waals surface area contributed by atoms with E-state index in [-0.39, 0.29) is 29.0 Å². The molecule has 1 unspecified atom stereocenters. The first kappa shape index (κ1) is 15.8. The van der Waals surface area contributed by atoms with Crippen molar-refractivity contribution in [2.75, 3.05) is 13.1 Å². The minimum atomic E-state index is -3.69. The van der Waals surface area contributed by atoms with E-state index in [1.54, 1.807) is 0 Å². The van der Waals surface area contributed by atoms with E-state index in [9.17, 15) is 18.5 Å². The smallest absolute Gasteiger partial charge is 0.270 e. The van der Waals surface area contributed by atoms with Crippen LogP contribution in [0.4, 0.5) is 5.69 Å². The summed E-state index contributed by atoms with van der Waals surface area (Å²) in [6.07, 6.45) is 0.716. The molecule has 1 aromatic rings. The third kappa shape index (κ3) is 3.87. The van der Waals surface area contributed by atoms with Crippen molar-refractivity contribution < 1.29 is 13.3 Å². The summed E-state index contributed by atoms with van der Waals surface area (Å²) in [6, 6.07) is 4.87. The van der Waals surface area contributed by atoms with Crippen molar-refractivity contribution in [3.8, 4) is 0 Å². The van der Waals surface area contributed by atoms with Gasteiger partial charge in [0.1, 0.15) is 0 Å². The summed E-state index contributed by atoms with van der Waals surface area (Å²) in [5, 5.41) is 13.6. The largest absolute Gasteiger partial charge is 0.315 e. The summed E-state index contributed by atoms with van der Waals surface area (Å²) >= 11 is 0. The predicted octanol–water partition coefficient (Wildman–Crippen LogP) is 0.657. The maximum atomic E-state index is 12.0. The molecule has 2 N–H and O–H groups in total. The van der Waals surface area contributed by atoms with Gasteiger partial charge in [0.2, 0.25) is 10.0 Å². The number of nitrogens with one attached hydrogen (secondary N) is 2. The van der Waals surface area contributed by atoms with Crippen molar-refractivity contribution in [1.82, 2.24) is 10.0 Å². The third-order valence-electron chi connectivity index (χ3n) is 2.72. The Morgan fingerprint density at radius 2 is 2.16 bits per heavy atom. The lowest BCUT2D eigenvalue weighted by Gasteiger charge is -2.11. The molecule has 1 atom stereocenters. The second-order valence-electron chi connectivity index (χ2n) is 4.07. The molecule has 0 saturated carbocycles. The zero-order valence-electron chi connectivity index (χ0n) is 9.90. The van der Waals surface area contributed by atoms with Gasteiger partial charge in [0.25, 0.3) is 5.69 Å². The maximum Gasteiger partial charge on any atom is 0.270 e. The Morgan fingerprint density at radius 1 is 1.42 bits per heavy atom. The Labute approximate surface area is 117 Å². The monoisotopic (exact) mass is 307 g/mol. The molecule has 106 valence electrons. The predicted molar refractivity (Wildman–Crippen MR) is 71.9 cm³/mol. The van der Waals surface area contributed by atoms with Crippen LogP contribution >= 0.6 is 12.4 Å². The average molecular weight is 308 g/mol. The van der Waals surface area contributed by atoms with E-state index >= 15 is 0 Å². The molecule has 1 aromatic carbocycles. The number of nitro benzene ring substituents is 1. The number of nitrogens with zero attached hydrogens (tertiary/aromatic N) is 1. The highest BCUT2D eigenvalue weighted by Gasteiger charge is 2.23. The van der Waals surface area contributed by atoms with E-state index in [2.05, 4.69) is 10.0 Å². The minimum Gasteiger partial charge on any atom is -0.315 e. The highest BCUT2D eigenvalue weighted by Crippen LogP contribution is 2.17. The molecule has 7 nitrogen and oxygen atoms in total. The molecule has 0 aromatic heterocycles. The topological polar surface area (TPSA) is 101 Å². The van der Waals surface area contributed by atoms with Crippen molar-refractivity contribution in [1.29, 1.82) is 0 Å².